The quantitative estimate of drug-likeness (QED) is 0.574. The van der Waals surface area contributed by atoms with Gasteiger partial charge in [-0.25, -0.2) is 4.98 Å². The molecule has 7 nitrogen and oxygen atoms in total. The smallest absolute Gasteiger partial charge is 0.205 e. The SMILES string of the molecule is CCc1nc2cc(OC)c(OC)cc2c2nnc(-c3ccco3)n12. The lowest BCUT2D eigenvalue weighted by Crippen LogP contribution is -2.03. The molecule has 4 aromatic rings. The van der Waals surface area contributed by atoms with E-state index in [9.17, 15) is 0 Å². The van der Waals surface area contributed by atoms with Crippen molar-refractivity contribution in [3.05, 3.63) is 36.4 Å². The Hall–Kier alpha value is -3.09. The van der Waals surface area contributed by atoms with Crippen molar-refractivity contribution in [3.63, 3.8) is 0 Å². The van der Waals surface area contributed by atoms with Crippen LogP contribution < -0.4 is 9.47 Å². The maximum absolute atomic E-state index is 5.48. The monoisotopic (exact) mass is 324 g/mol. The number of furan rings is 1. The van der Waals surface area contributed by atoms with E-state index in [2.05, 4.69) is 10.2 Å². The van der Waals surface area contributed by atoms with Gasteiger partial charge in [-0.2, -0.15) is 0 Å². The summed E-state index contributed by atoms with van der Waals surface area (Å²) in [6, 6.07) is 7.41. The first-order valence-electron chi connectivity index (χ1n) is 7.60. The predicted octanol–water partition coefficient (Wildman–Crippen LogP) is 3.12. The van der Waals surface area contributed by atoms with Crippen molar-refractivity contribution >= 4 is 16.6 Å². The summed E-state index contributed by atoms with van der Waals surface area (Å²) in [5.41, 5.74) is 1.50. The van der Waals surface area contributed by atoms with Gasteiger partial charge in [0.1, 0.15) is 5.82 Å². The Morgan fingerprint density at radius 1 is 1.12 bits per heavy atom. The molecule has 0 saturated carbocycles. The van der Waals surface area contributed by atoms with Gasteiger partial charge in [-0.15, -0.1) is 10.2 Å². The van der Waals surface area contributed by atoms with Gasteiger partial charge in [0.05, 0.1) is 26.0 Å². The van der Waals surface area contributed by atoms with E-state index in [0.29, 0.717) is 28.7 Å². The Morgan fingerprint density at radius 2 is 1.92 bits per heavy atom. The van der Waals surface area contributed by atoms with Crippen molar-refractivity contribution in [2.45, 2.75) is 13.3 Å². The lowest BCUT2D eigenvalue weighted by molar-refractivity contribution is 0.356. The predicted molar refractivity (Wildman–Crippen MR) is 88.5 cm³/mol. The number of nitrogens with zero attached hydrogens (tertiary/aromatic N) is 4. The highest BCUT2D eigenvalue weighted by Gasteiger charge is 2.19. The van der Waals surface area contributed by atoms with E-state index in [4.69, 9.17) is 18.9 Å². The molecule has 0 fully saturated rings. The molecule has 0 aliphatic heterocycles. The molecule has 0 aliphatic rings. The van der Waals surface area contributed by atoms with Crippen molar-refractivity contribution in [3.8, 4) is 23.1 Å². The van der Waals surface area contributed by atoms with Crippen LogP contribution >= 0.6 is 0 Å². The summed E-state index contributed by atoms with van der Waals surface area (Å²) >= 11 is 0. The maximum atomic E-state index is 5.48. The summed E-state index contributed by atoms with van der Waals surface area (Å²) in [6.07, 6.45) is 2.34. The van der Waals surface area contributed by atoms with E-state index in [1.165, 1.54) is 0 Å². The maximum Gasteiger partial charge on any atom is 0.205 e. The first kappa shape index (κ1) is 14.5. The van der Waals surface area contributed by atoms with Gasteiger partial charge in [-0.1, -0.05) is 6.92 Å². The summed E-state index contributed by atoms with van der Waals surface area (Å²) in [5, 5.41) is 9.50. The van der Waals surface area contributed by atoms with E-state index >= 15 is 0 Å². The number of rotatable bonds is 4. The van der Waals surface area contributed by atoms with Crippen LogP contribution in [0, 0.1) is 0 Å². The number of hydrogen-bond donors (Lipinski definition) is 0. The Labute approximate surface area is 137 Å². The number of methoxy groups -OCH3 is 2. The van der Waals surface area contributed by atoms with E-state index in [1.54, 1.807) is 20.5 Å². The van der Waals surface area contributed by atoms with Gasteiger partial charge in [-0.05, 0) is 18.2 Å². The molecule has 122 valence electrons. The fourth-order valence-electron chi connectivity index (χ4n) is 2.83. The summed E-state index contributed by atoms with van der Waals surface area (Å²) < 4.78 is 18.2. The van der Waals surface area contributed by atoms with Crippen LogP contribution in [0.2, 0.25) is 0 Å². The van der Waals surface area contributed by atoms with Crippen LogP contribution in [0.4, 0.5) is 0 Å². The van der Waals surface area contributed by atoms with Crippen LogP contribution in [0.3, 0.4) is 0 Å². The molecule has 24 heavy (non-hydrogen) atoms. The van der Waals surface area contributed by atoms with Crippen molar-refractivity contribution in [2.75, 3.05) is 14.2 Å². The zero-order valence-electron chi connectivity index (χ0n) is 13.6. The lowest BCUT2D eigenvalue weighted by Gasteiger charge is -2.11. The highest BCUT2D eigenvalue weighted by molar-refractivity contribution is 5.94. The molecule has 0 atom stereocenters. The summed E-state index contributed by atoms with van der Waals surface area (Å²) in [5.74, 6) is 3.39. The molecule has 0 spiro atoms. The first-order valence-corrected chi connectivity index (χ1v) is 7.60. The number of benzene rings is 1. The molecular formula is C17H16N4O3. The van der Waals surface area contributed by atoms with Gasteiger partial charge in [0, 0.05) is 17.9 Å². The van der Waals surface area contributed by atoms with Crippen molar-refractivity contribution < 1.29 is 13.9 Å². The zero-order chi connectivity index (χ0) is 16.7. The Morgan fingerprint density at radius 3 is 2.58 bits per heavy atom. The second kappa shape index (κ2) is 5.52. The summed E-state index contributed by atoms with van der Waals surface area (Å²) in [7, 11) is 3.21. The van der Waals surface area contributed by atoms with Crippen LogP contribution in [0.15, 0.2) is 34.9 Å². The van der Waals surface area contributed by atoms with E-state index in [1.807, 2.05) is 35.6 Å². The van der Waals surface area contributed by atoms with E-state index < -0.39 is 0 Å². The van der Waals surface area contributed by atoms with Crippen LogP contribution in [0.1, 0.15) is 12.7 Å². The second-order valence-corrected chi connectivity index (χ2v) is 5.27. The molecule has 0 saturated heterocycles. The van der Waals surface area contributed by atoms with Gasteiger partial charge < -0.3 is 13.9 Å². The Kier molecular flexibility index (Phi) is 3.34. The molecule has 0 bridgehead atoms. The largest absolute Gasteiger partial charge is 0.493 e. The van der Waals surface area contributed by atoms with Gasteiger partial charge in [0.2, 0.25) is 5.82 Å². The van der Waals surface area contributed by atoms with Crippen LogP contribution in [-0.4, -0.2) is 33.8 Å². The number of ether oxygens (including phenoxy) is 2. The Balaban J connectivity index is 2.10. The first-order chi connectivity index (χ1) is 11.8. The number of aromatic nitrogens is 4. The third-order valence-corrected chi connectivity index (χ3v) is 3.97. The highest BCUT2D eigenvalue weighted by Crippen LogP contribution is 2.34. The molecule has 0 N–H and O–H groups in total. The van der Waals surface area contributed by atoms with Crippen LogP contribution in [0.5, 0.6) is 11.5 Å². The summed E-state index contributed by atoms with van der Waals surface area (Å²) in [4.78, 5) is 4.75. The van der Waals surface area contributed by atoms with Crippen LogP contribution in [0.25, 0.3) is 28.1 Å². The molecule has 0 unspecified atom stereocenters. The third-order valence-electron chi connectivity index (χ3n) is 3.97. The third kappa shape index (κ3) is 2.01. The highest BCUT2D eigenvalue weighted by atomic mass is 16.5. The average Bonchev–Trinajstić information content (AvgIpc) is 3.28. The standard InChI is InChI=1S/C17H16N4O3/c1-4-15-18-11-9-14(23-3)13(22-2)8-10(11)16-19-20-17(21(15)16)12-6-5-7-24-12/h5-9H,4H2,1-3H3. The lowest BCUT2D eigenvalue weighted by atomic mass is 10.2. The molecule has 3 heterocycles. The van der Waals surface area contributed by atoms with Gasteiger partial charge in [0.15, 0.2) is 22.9 Å². The average molecular weight is 324 g/mol. The molecule has 0 radical (unpaired) electrons. The fourth-order valence-corrected chi connectivity index (χ4v) is 2.83. The molecule has 7 heteroatoms. The molecule has 0 aliphatic carbocycles. The molecule has 0 amide bonds. The topological polar surface area (TPSA) is 74.7 Å². The minimum atomic E-state index is 0.625. The summed E-state index contributed by atoms with van der Waals surface area (Å²) in [6.45, 7) is 2.04. The molecule has 3 aromatic heterocycles. The van der Waals surface area contributed by atoms with Gasteiger partial charge in [0.25, 0.3) is 0 Å². The van der Waals surface area contributed by atoms with E-state index in [-0.39, 0.29) is 0 Å². The van der Waals surface area contributed by atoms with Crippen LogP contribution in [-0.2, 0) is 6.42 Å². The number of fused-ring (bicyclic) bond motifs is 3. The number of aryl methyl sites for hydroxylation is 1. The molecule has 4 rings (SSSR count). The fraction of sp³-hybridized carbons (Fsp3) is 0.235. The number of hydrogen-bond acceptors (Lipinski definition) is 6. The molecule has 1 aromatic carbocycles. The van der Waals surface area contributed by atoms with Crippen molar-refractivity contribution in [2.24, 2.45) is 0 Å². The van der Waals surface area contributed by atoms with Crippen molar-refractivity contribution in [1.29, 1.82) is 0 Å². The Bertz CT molecular complexity index is 1020. The minimum absolute atomic E-state index is 0.625. The minimum Gasteiger partial charge on any atom is -0.493 e. The van der Waals surface area contributed by atoms with Gasteiger partial charge >= 0.3 is 0 Å². The molecular weight excluding hydrogens is 308 g/mol. The van der Waals surface area contributed by atoms with E-state index in [0.717, 1.165) is 23.1 Å². The van der Waals surface area contributed by atoms with Gasteiger partial charge in [-0.3, -0.25) is 4.40 Å². The normalized spacial score (nSPS) is 11.3. The zero-order valence-corrected chi connectivity index (χ0v) is 13.6. The van der Waals surface area contributed by atoms with Crippen molar-refractivity contribution in [1.82, 2.24) is 19.6 Å². The second-order valence-electron chi connectivity index (χ2n) is 5.27.